The van der Waals surface area contributed by atoms with Crippen molar-refractivity contribution in [2.24, 2.45) is 0 Å². The van der Waals surface area contributed by atoms with E-state index in [0.29, 0.717) is 35.6 Å². The molecule has 12 heteroatoms. The standard InChI is InChI=1S/C28H32N4O7S/c1-40(38,39)32-24(33)16-22(28(32)37)30-26(35)23-12-6-10-20-9-4-5-11-21(27(36)31(20)23)29-25(34)19-14-13-17-7-2-3-8-18(17)15-19/h2-5,7-8,13-15,20-23,28,37H,6,9-12,16H2,1H3,(H,29,34)(H,30,35)/b5-4-/t20-,21-,22-,23-,28?/m0/s1. The number of piperidine rings is 1. The summed E-state index contributed by atoms with van der Waals surface area (Å²) in [4.78, 5) is 54.2. The average molecular weight is 569 g/mol. The highest BCUT2D eigenvalue weighted by Gasteiger charge is 2.47. The second kappa shape index (κ2) is 11.0. The number of carbonyl (C=O) groups is 4. The number of benzene rings is 2. The van der Waals surface area contributed by atoms with Gasteiger partial charge in [-0.1, -0.05) is 42.5 Å². The molecule has 0 aliphatic carbocycles. The van der Waals surface area contributed by atoms with Crippen molar-refractivity contribution >= 4 is 44.4 Å². The van der Waals surface area contributed by atoms with Gasteiger partial charge >= 0.3 is 0 Å². The molecule has 2 fully saturated rings. The van der Waals surface area contributed by atoms with Gasteiger partial charge in [0.15, 0.2) is 6.23 Å². The van der Waals surface area contributed by atoms with Crippen LogP contribution in [0.15, 0.2) is 54.6 Å². The van der Waals surface area contributed by atoms with E-state index < -0.39 is 52.1 Å². The number of hydrogen-bond donors (Lipinski definition) is 3. The quantitative estimate of drug-likeness (QED) is 0.456. The summed E-state index contributed by atoms with van der Waals surface area (Å²) in [5.74, 6) is -2.18. The van der Waals surface area contributed by atoms with Crippen LogP contribution in [0.5, 0.6) is 0 Å². The Kier molecular flexibility index (Phi) is 7.65. The van der Waals surface area contributed by atoms with Gasteiger partial charge in [0.2, 0.25) is 27.7 Å². The van der Waals surface area contributed by atoms with Crippen LogP contribution in [0.3, 0.4) is 0 Å². The number of nitrogens with zero attached hydrogens (tertiary/aromatic N) is 2. The molecule has 3 aliphatic heterocycles. The van der Waals surface area contributed by atoms with Gasteiger partial charge in [0.1, 0.15) is 12.1 Å². The number of sulfonamides is 1. The first kappa shape index (κ1) is 27.8. The first-order chi connectivity index (χ1) is 19.0. The van der Waals surface area contributed by atoms with Crippen molar-refractivity contribution in [1.82, 2.24) is 19.8 Å². The monoisotopic (exact) mass is 568 g/mol. The molecular formula is C28H32N4O7S. The molecule has 5 rings (SSSR count). The minimum atomic E-state index is -4.02. The van der Waals surface area contributed by atoms with Crippen molar-refractivity contribution in [3.8, 4) is 0 Å². The Balaban J connectivity index is 1.34. The third-order valence-corrected chi connectivity index (χ3v) is 8.92. The molecule has 5 atom stereocenters. The van der Waals surface area contributed by atoms with E-state index in [0.717, 1.165) is 17.0 Å². The normalized spacial score (nSPS) is 28.0. The van der Waals surface area contributed by atoms with Crippen LogP contribution in [0.25, 0.3) is 10.8 Å². The van der Waals surface area contributed by atoms with Crippen LogP contribution >= 0.6 is 0 Å². The Morgan fingerprint density at radius 3 is 2.42 bits per heavy atom. The Morgan fingerprint density at radius 2 is 1.70 bits per heavy atom. The number of carbonyl (C=O) groups excluding carboxylic acids is 4. The smallest absolute Gasteiger partial charge is 0.251 e. The van der Waals surface area contributed by atoms with Crippen LogP contribution in [0.2, 0.25) is 0 Å². The van der Waals surface area contributed by atoms with E-state index in [-0.39, 0.29) is 24.8 Å². The Morgan fingerprint density at radius 1 is 0.975 bits per heavy atom. The fourth-order valence-electron chi connectivity index (χ4n) is 5.84. The van der Waals surface area contributed by atoms with E-state index >= 15 is 0 Å². The van der Waals surface area contributed by atoms with Crippen molar-refractivity contribution in [3.63, 3.8) is 0 Å². The largest absolute Gasteiger partial charge is 0.370 e. The Labute approximate surface area is 232 Å². The van der Waals surface area contributed by atoms with Crippen molar-refractivity contribution in [3.05, 3.63) is 60.2 Å². The van der Waals surface area contributed by atoms with E-state index in [2.05, 4.69) is 10.6 Å². The lowest BCUT2D eigenvalue weighted by atomic mass is 9.90. The lowest BCUT2D eigenvalue weighted by molar-refractivity contribution is -0.148. The summed E-state index contributed by atoms with van der Waals surface area (Å²) in [6.45, 7) is 0. The van der Waals surface area contributed by atoms with Crippen molar-refractivity contribution in [1.29, 1.82) is 0 Å². The number of aliphatic hydroxyl groups is 1. The van der Waals surface area contributed by atoms with Crippen molar-refractivity contribution in [2.75, 3.05) is 6.26 Å². The van der Waals surface area contributed by atoms with Gasteiger partial charge in [-0.05, 0) is 55.0 Å². The Hall–Kier alpha value is -3.77. The van der Waals surface area contributed by atoms with E-state index in [9.17, 15) is 32.7 Å². The maximum Gasteiger partial charge on any atom is 0.251 e. The van der Waals surface area contributed by atoms with Gasteiger partial charge in [-0.2, -0.15) is 0 Å². The van der Waals surface area contributed by atoms with Gasteiger partial charge in [0.05, 0.1) is 18.7 Å². The summed E-state index contributed by atoms with van der Waals surface area (Å²) in [6, 6.07) is 9.76. The highest BCUT2D eigenvalue weighted by Crippen LogP contribution is 2.29. The molecule has 2 aromatic rings. The molecule has 0 aromatic heterocycles. The van der Waals surface area contributed by atoms with Crippen LogP contribution in [0, 0.1) is 0 Å². The molecule has 3 N–H and O–H groups in total. The molecule has 0 radical (unpaired) electrons. The average Bonchev–Trinajstić information content (AvgIpc) is 3.20. The van der Waals surface area contributed by atoms with Crippen LogP contribution in [0.4, 0.5) is 0 Å². The first-order valence-electron chi connectivity index (χ1n) is 13.3. The maximum absolute atomic E-state index is 13.9. The van der Waals surface area contributed by atoms with E-state index in [1.54, 1.807) is 12.1 Å². The SMILES string of the molecule is CS(=O)(=O)N1C(=O)C[C@H](NC(=O)[C@@H]2CCC[C@@H]3C/C=C\C[C@H](NC(=O)c4ccc5ccccc5c4)C(=O)N32)C1O. The molecule has 0 bridgehead atoms. The number of nitrogens with one attached hydrogen (secondary N) is 2. The highest BCUT2D eigenvalue weighted by atomic mass is 32.2. The molecule has 1 unspecified atom stereocenters. The van der Waals surface area contributed by atoms with Crippen molar-refractivity contribution < 1.29 is 32.7 Å². The zero-order valence-corrected chi connectivity index (χ0v) is 22.8. The number of rotatable bonds is 5. The summed E-state index contributed by atoms with van der Waals surface area (Å²) in [6.07, 6.45) is 5.03. The van der Waals surface area contributed by atoms with Crippen molar-refractivity contribution in [2.45, 2.75) is 68.9 Å². The van der Waals surface area contributed by atoms with Crippen LogP contribution in [-0.2, 0) is 24.4 Å². The lowest BCUT2D eigenvalue weighted by Crippen LogP contribution is -2.62. The summed E-state index contributed by atoms with van der Waals surface area (Å²) < 4.78 is 24.2. The molecule has 0 spiro atoms. The number of amides is 4. The molecular weight excluding hydrogens is 536 g/mol. The van der Waals surface area contributed by atoms with Gasteiger partial charge in [-0.15, -0.1) is 0 Å². The number of aliphatic hydroxyl groups excluding tert-OH is 1. The second-order valence-corrected chi connectivity index (χ2v) is 12.4. The number of hydrogen-bond acceptors (Lipinski definition) is 7. The molecule has 3 heterocycles. The zero-order valence-electron chi connectivity index (χ0n) is 22.0. The summed E-state index contributed by atoms with van der Waals surface area (Å²) in [7, 11) is -4.02. The summed E-state index contributed by atoms with van der Waals surface area (Å²) in [5.41, 5.74) is 0.414. The van der Waals surface area contributed by atoms with Crippen LogP contribution in [-0.4, -0.2) is 83.0 Å². The minimum absolute atomic E-state index is 0.259. The minimum Gasteiger partial charge on any atom is -0.370 e. The molecule has 3 aliphatic rings. The van der Waals surface area contributed by atoms with Crippen LogP contribution < -0.4 is 10.6 Å². The molecule has 11 nitrogen and oxygen atoms in total. The predicted molar refractivity (Wildman–Crippen MR) is 146 cm³/mol. The van der Waals surface area contributed by atoms with Gasteiger partial charge in [-0.3, -0.25) is 19.2 Å². The fourth-order valence-corrected chi connectivity index (χ4v) is 6.82. The molecule has 2 aromatic carbocycles. The second-order valence-electron chi connectivity index (χ2n) is 10.6. The maximum atomic E-state index is 13.9. The zero-order chi connectivity index (χ0) is 28.6. The topological polar surface area (TPSA) is 153 Å². The van der Waals surface area contributed by atoms with E-state index in [1.165, 1.54) is 4.90 Å². The van der Waals surface area contributed by atoms with Crippen LogP contribution in [0.1, 0.15) is 48.9 Å². The van der Waals surface area contributed by atoms with Gasteiger partial charge in [0.25, 0.3) is 5.91 Å². The number of fused-ring (bicyclic) bond motifs is 2. The van der Waals surface area contributed by atoms with Gasteiger partial charge < -0.3 is 20.6 Å². The summed E-state index contributed by atoms with van der Waals surface area (Å²) >= 11 is 0. The molecule has 2 saturated heterocycles. The lowest BCUT2D eigenvalue weighted by Gasteiger charge is -2.43. The molecule has 212 valence electrons. The Bertz CT molecular complexity index is 1490. The molecule has 40 heavy (non-hydrogen) atoms. The van der Waals surface area contributed by atoms with Gasteiger partial charge in [0, 0.05) is 11.6 Å². The first-order valence-corrected chi connectivity index (χ1v) is 15.2. The predicted octanol–water partition coefficient (Wildman–Crippen LogP) is 1.03. The van der Waals surface area contributed by atoms with E-state index in [4.69, 9.17) is 0 Å². The van der Waals surface area contributed by atoms with E-state index in [1.807, 2.05) is 42.5 Å². The third-order valence-electron chi connectivity index (χ3n) is 7.79. The highest BCUT2D eigenvalue weighted by molar-refractivity contribution is 7.88. The molecule has 4 amide bonds. The van der Waals surface area contributed by atoms with Gasteiger partial charge in [-0.25, -0.2) is 12.7 Å². The summed E-state index contributed by atoms with van der Waals surface area (Å²) in [5, 5.41) is 17.8. The molecule has 0 saturated carbocycles. The third kappa shape index (κ3) is 5.46. The fraction of sp³-hybridized carbons (Fsp3) is 0.429.